The summed E-state index contributed by atoms with van der Waals surface area (Å²) in [5.41, 5.74) is 2.16. The van der Waals surface area contributed by atoms with E-state index in [-0.39, 0.29) is 0 Å². The third-order valence-corrected chi connectivity index (χ3v) is 3.63. The van der Waals surface area contributed by atoms with Crippen LogP contribution in [-0.4, -0.2) is 9.55 Å². The monoisotopic (exact) mass is 268 g/mol. The van der Waals surface area contributed by atoms with Gasteiger partial charge >= 0.3 is 0 Å². The van der Waals surface area contributed by atoms with Crippen LogP contribution in [0.3, 0.4) is 0 Å². The average Bonchev–Trinajstić information content (AvgIpc) is 2.61. The van der Waals surface area contributed by atoms with E-state index in [4.69, 9.17) is 23.8 Å². The van der Waals surface area contributed by atoms with Gasteiger partial charge in [0, 0.05) is 11.1 Å². The molecule has 0 amide bonds. The largest absolute Gasteiger partial charge is 0.331 e. The predicted molar refractivity (Wildman–Crippen MR) is 76.4 cm³/mol. The minimum Gasteiger partial charge on any atom is -0.331 e. The number of hydrogen-bond donors (Lipinski definition) is 1. The van der Waals surface area contributed by atoms with Crippen LogP contribution in [0.5, 0.6) is 0 Å². The zero-order chi connectivity index (χ0) is 12.4. The molecule has 0 spiro atoms. The number of nitrogens with one attached hydrogen (secondary N) is 1. The van der Waals surface area contributed by atoms with Crippen molar-refractivity contribution in [3.05, 3.63) is 28.0 Å². The highest BCUT2D eigenvalue weighted by Gasteiger charge is 2.10. The van der Waals surface area contributed by atoms with Gasteiger partial charge in [0.2, 0.25) is 0 Å². The number of unbranched alkanes of at least 4 members (excludes halogenated alkanes) is 1. The van der Waals surface area contributed by atoms with Gasteiger partial charge in [0.05, 0.1) is 11.0 Å². The van der Waals surface area contributed by atoms with Crippen molar-refractivity contribution in [1.82, 2.24) is 9.55 Å². The Hall–Kier alpha value is -0.800. The Morgan fingerprint density at radius 1 is 1.47 bits per heavy atom. The Morgan fingerprint density at radius 2 is 2.24 bits per heavy atom. The highest BCUT2D eigenvalue weighted by atomic mass is 35.5. The van der Waals surface area contributed by atoms with E-state index in [1.807, 2.05) is 18.2 Å². The first-order valence-corrected chi connectivity index (χ1v) is 6.82. The standard InChI is InChI=1S/C13H17ClN2S/c1-3-4-5-9(2)16-12-7-6-10(14)8-11(12)15-13(16)17/h6-9H,3-5H2,1-2H3,(H,15,17). The number of halogens is 1. The van der Waals surface area contributed by atoms with Crippen LogP contribution < -0.4 is 0 Å². The van der Waals surface area contributed by atoms with Gasteiger partial charge in [0.1, 0.15) is 0 Å². The molecule has 0 radical (unpaired) electrons. The van der Waals surface area contributed by atoms with Crippen LogP contribution in [0.2, 0.25) is 5.02 Å². The molecule has 0 bridgehead atoms. The van der Waals surface area contributed by atoms with Crippen LogP contribution in [0, 0.1) is 4.77 Å². The van der Waals surface area contributed by atoms with Gasteiger partial charge in [-0.05, 0) is 43.8 Å². The molecule has 0 aliphatic rings. The molecule has 2 aromatic rings. The quantitative estimate of drug-likeness (QED) is 0.765. The fourth-order valence-electron chi connectivity index (χ4n) is 2.17. The van der Waals surface area contributed by atoms with E-state index < -0.39 is 0 Å². The molecule has 0 fully saturated rings. The maximum absolute atomic E-state index is 5.98. The Bertz CT molecular complexity index is 570. The Morgan fingerprint density at radius 3 is 2.94 bits per heavy atom. The summed E-state index contributed by atoms with van der Waals surface area (Å²) in [4.78, 5) is 3.22. The van der Waals surface area contributed by atoms with Crippen molar-refractivity contribution in [2.75, 3.05) is 0 Å². The first-order valence-electron chi connectivity index (χ1n) is 6.03. The minimum absolute atomic E-state index is 0.428. The van der Waals surface area contributed by atoms with Crippen molar-refractivity contribution >= 4 is 34.9 Å². The number of H-pyrrole nitrogens is 1. The van der Waals surface area contributed by atoms with Crippen molar-refractivity contribution in [3.63, 3.8) is 0 Å². The average molecular weight is 269 g/mol. The molecule has 0 aliphatic carbocycles. The number of imidazole rings is 1. The third-order valence-electron chi connectivity index (χ3n) is 3.09. The van der Waals surface area contributed by atoms with Gasteiger partial charge < -0.3 is 9.55 Å². The van der Waals surface area contributed by atoms with Crippen molar-refractivity contribution in [1.29, 1.82) is 0 Å². The van der Waals surface area contributed by atoms with Crippen molar-refractivity contribution in [3.8, 4) is 0 Å². The zero-order valence-corrected chi connectivity index (χ0v) is 11.7. The van der Waals surface area contributed by atoms with Crippen molar-refractivity contribution < 1.29 is 0 Å². The molecule has 1 atom stereocenters. The summed E-state index contributed by atoms with van der Waals surface area (Å²) in [7, 11) is 0. The van der Waals surface area contributed by atoms with Crippen molar-refractivity contribution in [2.24, 2.45) is 0 Å². The molecule has 2 nitrogen and oxygen atoms in total. The molecule has 1 unspecified atom stereocenters. The highest BCUT2D eigenvalue weighted by Crippen LogP contribution is 2.24. The van der Waals surface area contributed by atoms with Crippen LogP contribution in [0.15, 0.2) is 18.2 Å². The Balaban J connectivity index is 2.46. The van der Waals surface area contributed by atoms with Crippen LogP contribution >= 0.6 is 23.8 Å². The molecule has 0 aliphatic heterocycles. The summed E-state index contributed by atoms with van der Waals surface area (Å²) in [6, 6.07) is 6.30. The number of fused-ring (bicyclic) bond motifs is 1. The van der Waals surface area contributed by atoms with E-state index in [9.17, 15) is 0 Å². The Labute approximate surface area is 112 Å². The summed E-state index contributed by atoms with van der Waals surface area (Å²) in [6.45, 7) is 4.42. The summed E-state index contributed by atoms with van der Waals surface area (Å²) in [5.74, 6) is 0. The molecule has 17 heavy (non-hydrogen) atoms. The zero-order valence-electron chi connectivity index (χ0n) is 10.2. The van der Waals surface area contributed by atoms with Gasteiger partial charge in [-0.3, -0.25) is 0 Å². The smallest absolute Gasteiger partial charge is 0.178 e. The fourth-order valence-corrected chi connectivity index (χ4v) is 2.73. The first kappa shape index (κ1) is 12.7. The van der Waals surface area contributed by atoms with E-state index >= 15 is 0 Å². The molecule has 1 aromatic carbocycles. The van der Waals surface area contributed by atoms with E-state index in [0.29, 0.717) is 6.04 Å². The maximum Gasteiger partial charge on any atom is 0.178 e. The van der Waals surface area contributed by atoms with Crippen LogP contribution in [0.25, 0.3) is 11.0 Å². The molecule has 1 heterocycles. The molecule has 0 saturated heterocycles. The van der Waals surface area contributed by atoms with Gasteiger partial charge in [-0.15, -0.1) is 0 Å². The SMILES string of the molecule is CCCCC(C)n1c(=S)[nH]c2cc(Cl)ccc21. The number of aromatic amines is 1. The van der Waals surface area contributed by atoms with E-state index in [1.165, 1.54) is 12.8 Å². The number of hydrogen-bond acceptors (Lipinski definition) is 1. The van der Waals surface area contributed by atoms with E-state index in [0.717, 1.165) is 27.2 Å². The lowest BCUT2D eigenvalue weighted by atomic mass is 10.1. The van der Waals surface area contributed by atoms with Gasteiger partial charge in [0.25, 0.3) is 0 Å². The molecule has 4 heteroatoms. The predicted octanol–water partition coefficient (Wildman–Crippen LogP) is 5.10. The lowest BCUT2D eigenvalue weighted by Crippen LogP contribution is -2.04. The lowest BCUT2D eigenvalue weighted by molar-refractivity contribution is 0.491. The molecule has 1 aromatic heterocycles. The first-order chi connectivity index (χ1) is 8.13. The topological polar surface area (TPSA) is 20.7 Å². The maximum atomic E-state index is 5.98. The highest BCUT2D eigenvalue weighted by molar-refractivity contribution is 7.71. The van der Waals surface area contributed by atoms with Gasteiger partial charge in [-0.2, -0.15) is 0 Å². The van der Waals surface area contributed by atoms with Gasteiger partial charge in [0.15, 0.2) is 4.77 Å². The molecule has 92 valence electrons. The fraction of sp³-hybridized carbons (Fsp3) is 0.462. The Kier molecular flexibility index (Phi) is 3.89. The van der Waals surface area contributed by atoms with Crippen molar-refractivity contribution in [2.45, 2.75) is 39.2 Å². The number of benzene rings is 1. The summed E-state index contributed by atoms with van der Waals surface area (Å²) < 4.78 is 2.97. The second-order valence-electron chi connectivity index (χ2n) is 4.45. The molecule has 0 saturated carbocycles. The molecular formula is C13H17ClN2S. The molecule has 2 rings (SSSR count). The van der Waals surface area contributed by atoms with E-state index in [2.05, 4.69) is 23.4 Å². The second-order valence-corrected chi connectivity index (χ2v) is 5.28. The molecule has 1 N–H and O–H groups in total. The van der Waals surface area contributed by atoms with Gasteiger partial charge in [-0.1, -0.05) is 31.4 Å². The minimum atomic E-state index is 0.428. The third kappa shape index (κ3) is 2.55. The number of rotatable bonds is 4. The summed E-state index contributed by atoms with van der Waals surface area (Å²) >= 11 is 11.4. The summed E-state index contributed by atoms with van der Waals surface area (Å²) in [5, 5.41) is 0.738. The summed E-state index contributed by atoms with van der Waals surface area (Å²) in [6.07, 6.45) is 3.59. The normalized spacial score (nSPS) is 13.1. The van der Waals surface area contributed by atoms with Crippen LogP contribution in [-0.2, 0) is 0 Å². The number of nitrogens with zero attached hydrogens (tertiary/aromatic N) is 1. The number of aromatic nitrogens is 2. The van der Waals surface area contributed by atoms with E-state index in [1.54, 1.807) is 0 Å². The van der Waals surface area contributed by atoms with Crippen LogP contribution in [0.4, 0.5) is 0 Å². The van der Waals surface area contributed by atoms with Crippen LogP contribution in [0.1, 0.15) is 39.2 Å². The van der Waals surface area contributed by atoms with Gasteiger partial charge in [-0.25, -0.2) is 0 Å². The second kappa shape index (κ2) is 5.23. The lowest BCUT2D eigenvalue weighted by Gasteiger charge is -2.13. The molecular weight excluding hydrogens is 252 g/mol.